The predicted octanol–water partition coefficient (Wildman–Crippen LogP) is 5.14. The number of para-hydroxylation sites is 2. The summed E-state index contributed by atoms with van der Waals surface area (Å²) in [5.74, 6) is 0.00325. The summed E-state index contributed by atoms with van der Waals surface area (Å²) in [5, 5.41) is 0.387. The molecule has 0 radical (unpaired) electrons. The topological polar surface area (TPSA) is 63.0 Å². The van der Waals surface area contributed by atoms with Crippen molar-refractivity contribution < 1.29 is 13.9 Å². The van der Waals surface area contributed by atoms with E-state index in [1.807, 2.05) is 36.4 Å². The van der Waals surface area contributed by atoms with Gasteiger partial charge in [-0.1, -0.05) is 54.6 Å². The Kier molecular flexibility index (Phi) is 7.14. The number of nitrogens with zero attached hydrogens (tertiary/aromatic N) is 2. The molecule has 0 bridgehead atoms. The molecule has 0 amide bonds. The van der Waals surface area contributed by atoms with Crippen LogP contribution in [-0.4, -0.2) is 50.2 Å². The van der Waals surface area contributed by atoms with Gasteiger partial charge in [0.05, 0.1) is 12.0 Å². The van der Waals surface area contributed by atoms with E-state index in [9.17, 15) is 9.59 Å². The van der Waals surface area contributed by atoms with E-state index in [2.05, 4.69) is 34.1 Å². The van der Waals surface area contributed by atoms with Crippen molar-refractivity contribution in [3.05, 3.63) is 100 Å². The maximum absolute atomic E-state index is 13.0. The maximum Gasteiger partial charge on any atom is 0.341 e. The lowest BCUT2D eigenvalue weighted by molar-refractivity contribution is 0.0488. The molecule has 4 aromatic rings. The fourth-order valence-electron chi connectivity index (χ4n) is 4.73. The zero-order valence-corrected chi connectivity index (χ0v) is 20.5. The lowest BCUT2D eigenvalue weighted by Crippen LogP contribution is -2.46. The van der Waals surface area contributed by atoms with Gasteiger partial charge in [-0.3, -0.25) is 9.69 Å². The molecule has 2 heterocycles. The van der Waals surface area contributed by atoms with Crippen LogP contribution < -0.4 is 10.3 Å². The third kappa shape index (κ3) is 5.04. The molecular weight excluding hydrogens is 452 g/mol. The number of ether oxygens (including phenoxy) is 1. The molecule has 0 unspecified atom stereocenters. The number of hydrogen-bond donors (Lipinski definition) is 0. The molecule has 1 aliphatic heterocycles. The number of piperazine rings is 1. The zero-order chi connectivity index (χ0) is 24.9. The summed E-state index contributed by atoms with van der Waals surface area (Å²) in [6.07, 6.45) is 0.750. The molecule has 3 aromatic carbocycles. The Labute approximate surface area is 210 Å². The van der Waals surface area contributed by atoms with Crippen molar-refractivity contribution in [3.63, 3.8) is 0 Å². The van der Waals surface area contributed by atoms with Gasteiger partial charge in [0.25, 0.3) is 0 Å². The highest BCUT2D eigenvalue weighted by Crippen LogP contribution is 2.27. The number of fused-ring (bicyclic) bond motifs is 1. The summed E-state index contributed by atoms with van der Waals surface area (Å²) >= 11 is 0. The van der Waals surface area contributed by atoms with Crippen molar-refractivity contribution in [2.45, 2.75) is 13.3 Å². The first-order valence-electron chi connectivity index (χ1n) is 12.4. The minimum absolute atomic E-state index is 0.139. The van der Waals surface area contributed by atoms with Gasteiger partial charge < -0.3 is 14.1 Å². The van der Waals surface area contributed by atoms with E-state index < -0.39 is 5.97 Å². The van der Waals surface area contributed by atoms with Gasteiger partial charge in [-0.15, -0.1) is 0 Å². The molecule has 1 aliphatic rings. The van der Waals surface area contributed by atoms with Crippen molar-refractivity contribution in [1.82, 2.24) is 4.90 Å². The number of rotatable bonds is 7. The van der Waals surface area contributed by atoms with Crippen molar-refractivity contribution >= 4 is 22.6 Å². The van der Waals surface area contributed by atoms with E-state index in [-0.39, 0.29) is 16.6 Å². The quantitative estimate of drug-likeness (QED) is 0.269. The monoisotopic (exact) mass is 482 g/mol. The maximum atomic E-state index is 13.0. The molecule has 5 rings (SSSR count). The molecule has 6 heteroatoms. The van der Waals surface area contributed by atoms with Crippen LogP contribution in [0.4, 0.5) is 5.69 Å². The molecule has 1 saturated heterocycles. The summed E-state index contributed by atoms with van der Waals surface area (Å²) in [7, 11) is 0. The molecule has 0 aliphatic carbocycles. The third-order valence-electron chi connectivity index (χ3n) is 6.75. The molecule has 1 fully saturated rings. The van der Waals surface area contributed by atoms with Gasteiger partial charge in [0.1, 0.15) is 11.3 Å². The highest BCUT2D eigenvalue weighted by atomic mass is 16.5. The Morgan fingerprint density at radius 2 is 1.58 bits per heavy atom. The van der Waals surface area contributed by atoms with Crippen molar-refractivity contribution in [2.75, 3.05) is 44.2 Å². The summed E-state index contributed by atoms with van der Waals surface area (Å²) in [6, 6.07) is 25.0. The normalized spacial score (nSPS) is 14.2. The molecule has 184 valence electrons. The Hall–Kier alpha value is -3.90. The Bertz CT molecular complexity index is 1390. The van der Waals surface area contributed by atoms with Crippen LogP contribution >= 0.6 is 0 Å². The van der Waals surface area contributed by atoms with E-state index >= 15 is 0 Å². The zero-order valence-electron chi connectivity index (χ0n) is 20.5. The highest BCUT2D eigenvalue weighted by molar-refractivity contribution is 6.02. The number of benzene rings is 3. The van der Waals surface area contributed by atoms with Gasteiger partial charge in [-0.05, 0) is 37.6 Å². The Balaban J connectivity index is 1.21. The smallest absolute Gasteiger partial charge is 0.341 e. The second-order valence-corrected chi connectivity index (χ2v) is 9.09. The molecule has 1 aromatic heterocycles. The molecule has 0 saturated carbocycles. The first-order chi connectivity index (χ1) is 17.6. The number of esters is 1. The highest BCUT2D eigenvalue weighted by Gasteiger charge is 2.20. The fourth-order valence-corrected chi connectivity index (χ4v) is 4.73. The van der Waals surface area contributed by atoms with Gasteiger partial charge in [-0.2, -0.15) is 0 Å². The number of carbonyl (C=O) groups excluding carboxylic acids is 1. The van der Waals surface area contributed by atoms with E-state index in [1.54, 1.807) is 25.1 Å². The standard InChI is InChI=1S/C30H30N2O4/c1-22-27(33)25-14-8-15-26(29(25)36-28(22)23-10-4-2-5-11-23)30(34)35-21-9-16-31-17-19-32(20-18-31)24-12-6-3-7-13-24/h2-8,10-15H,9,16-21H2,1H3. The van der Waals surface area contributed by atoms with Crippen molar-refractivity contribution in [1.29, 1.82) is 0 Å². The Morgan fingerprint density at radius 1 is 0.889 bits per heavy atom. The van der Waals surface area contributed by atoms with Crippen molar-refractivity contribution in [2.24, 2.45) is 0 Å². The molecular formula is C30H30N2O4. The fraction of sp³-hybridized carbons (Fsp3) is 0.267. The van der Waals surface area contributed by atoms with E-state index in [1.165, 1.54) is 5.69 Å². The third-order valence-corrected chi connectivity index (χ3v) is 6.75. The molecule has 0 atom stereocenters. The Morgan fingerprint density at radius 3 is 2.31 bits per heavy atom. The number of anilines is 1. The van der Waals surface area contributed by atoms with Gasteiger partial charge in [-0.25, -0.2) is 4.79 Å². The van der Waals surface area contributed by atoms with E-state index in [0.717, 1.165) is 44.7 Å². The summed E-state index contributed by atoms with van der Waals surface area (Å²) in [6.45, 7) is 6.88. The SMILES string of the molecule is Cc1c(-c2ccccc2)oc2c(C(=O)OCCCN3CCN(c4ccccc4)CC3)cccc2c1=O. The van der Waals surface area contributed by atoms with Crippen LogP contribution in [0.3, 0.4) is 0 Å². The molecule has 36 heavy (non-hydrogen) atoms. The molecule has 0 spiro atoms. The van der Waals surface area contributed by atoms with Crippen LogP contribution in [0.1, 0.15) is 22.3 Å². The van der Waals surface area contributed by atoms with E-state index in [0.29, 0.717) is 23.3 Å². The van der Waals surface area contributed by atoms with Crippen LogP contribution in [0, 0.1) is 6.92 Å². The van der Waals surface area contributed by atoms with Gasteiger partial charge >= 0.3 is 5.97 Å². The minimum atomic E-state index is -0.472. The average molecular weight is 483 g/mol. The lowest BCUT2D eigenvalue weighted by Gasteiger charge is -2.36. The van der Waals surface area contributed by atoms with Crippen LogP contribution in [0.25, 0.3) is 22.3 Å². The molecule has 0 N–H and O–H groups in total. The van der Waals surface area contributed by atoms with Gasteiger partial charge in [0.2, 0.25) is 0 Å². The predicted molar refractivity (Wildman–Crippen MR) is 143 cm³/mol. The largest absolute Gasteiger partial charge is 0.462 e. The van der Waals surface area contributed by atoms with Crippen LogP contribution in [-0.2, 0) is 4.74 Å². The first kappa shape index (κ1) is 23.8. The van der Waals surface area contributed by atoms with Gasteiger partial charge in [0.15, 0.2) is 11.0 Å². The van der Waals surface area contributed by atoms with Crippen molar-refractivity contribution in [3.8, 4) is 11.3 Å². The number of carbonyl (C=O) groups is 1. The molecule has 6 nitrogen and oxygen atoms in total. The summed E-state index contributed by atoms with van der Waals surface area (Å²) in [4.78, 5) is 30.8. The summed E-state index contributed by atoms with van der Waals surface area (Å²) in [5.41, 5.74) is 2.99. The minimum Gasteiger partial charge on any atom is -0.462 e. The first-order valence-corrected chi connectivity index (χ1v) is 12.4. The van der Waals surface area contributed by atoms with E-state index in [4.69, 9.17) is 9.15 Å². The van der Waals surface area contributed by atoms with Crippen LogP contribution in [0.5, 0.6) is 0 Å². The summed E-state index contributed by atoms with van der Waals surface area (Å²) < 4.78 is 11.7. The lowest BCUT2D eigenvalue weighted by atomic mass is 10.0. The van der Waals surface area contributed by atoms with Crippen LogP contribution in [0.2, 0.25) is 0 Å². The van der Waals surface area contributed by atoms with Gasteiger partial charge in [0, 0.05) is 49.5 Å². The average Bonchev–Trinajstić information content (AvgIpc) is 2.94. The second kappa shape index (κ2) is 10.8. The number of hydrogen-bond acceptors (Lipinski definition) is 6. The van der Waals surface area contributed by atoms with Crippen LogP contribution in [0.15, 0.2) is 88.1 Å². The second-order valence-electron chi connectivity index (χ2n) is 9.09.